The maximum atomic E-state index is 14.4. The molecule has 30 heavy (non-hydrogen) atoms. The Labute approximate surface area is 173 Å². The summed E-state index contributed by atoms with van der Waals surface area (Å²) in [6.45, 7) is 3.38. The lowest BCUT2D eigenvalue weighted by Crippen LogP contribution is -2.48. The monoisotopic (exact) mass is 411 g/mol. The van der Waals surface area contributed by atoms with Gasteiger partial charge in [-0.2, -0.15) is 5.10 Å². The molecule has 1 heterocycles. The van der Waals surface area contributed by atoms with Gasteiger partial charge in [0.05, 0.1) is 0 Å². The van der Waals surface area contributed by atoms with Crippen molar-refractivity contribution >= 4 is 17.5 Å². The van der Waals surface area contributed by atoms with Crippen LogP contribution in [0.15, 0.2) is 61.2 Å². The Morgan fingerprint density at radius 3 is 2.57 bits per heavy atom. The average molecular weight is 411 g/mol. The van der Waals surface area contributed by atoms with Crippen molar-refractivity contribution < 1.29 is 18.7 Å². The quantitative estimate of drug-likeness (QED) is 0.594. The highest BCUT2D eigenvalue weighted by Crippen LogP contribution is 2.18. The Morgan fingerprint density at radius 2 is 1.93 bits per heavy atom. The largest absolute Gasteiger partial charge is 0.484 e. The minimum absolute atomic E-state index is 0.190. The molecule has 0 radical (unpaired) electrons. The summed E-state index contributed by atoms with van der Waals surface area (Å²) in [5.74, 6) is -1.09. The highest BCUT2D eigenvalue weighted by atomic mass is 19.1. The van der Waals surface area contributed by atoms with Crippen molar-refractivity contribution in [3.8, 4) is 11.4 Å². The Hall–Kier alpha value is -3.75. The Morgan fingerprint density at radius 1 is 1.17 bits per heavy atom. The van der Waals surface area contributed by atoms with Gasteiger partial charge in [0.2, 0.25) is 5.91 Å². The Bertz CT molecular complexity index is 993. The van der Waals surface area contributed by atoms with Gasteiger partial charge in [0.25, 0.3) is 5.91 Å². The number of carbonyl (C=O) groups is 2. The number of ether oxygens (including phenoxy) is 1. The molecule has 9 heteroatoms. The molecule has 156 valence electrons. The van der Waals surface area contributed by atoms with E-state index in [2.05, 4.69) is 20.7 Å². The van der Waals surface area contributed by atoms with E-state index in [0.717, 1.165) is 0 Å². The molecule has 0 aliphatic heterocycles. The number of benzene rings is 2. The van der Waals surface area contributed by atoms with Crippen LogP contribution in [0.2, 0.25) is 0 Å². The highest BCUT2D eigenvalue weighted by molar-refractivity contribution is 5.97. The molecule has 0 saturated carbocycles. The van der Waals surface area contributed by atoms with Crippen LogP contribution in [0.25, 0.3) is 5.69 Å². The average Bonchev–Trinajstić information content (AvgIpc) is 3.25. The number of hydrogen-bond donors (Lipinski definition) is 2. The molecule has 1 aromatic heterocycles. The van der Waals surface area contributed by atoms with Crippen molar-refractivity contribution in [3.63, 3.8) is 0 Å². The van der Waals surface area contributed by atoms with Gasteiger partial charge in [0.1, 0.15) is 30.1 Å². The zero-order valence-corrected chi connectivity index (χ0v) is 16.6. The van der Waals surface area contributed by atoms with Gasteiger partial charge in [-0.15, -0.1) is 0 Å². The molecule has 3 aromatic rings. The fourth-order valence-electron chi connectivity index (χ4n) is 2.74. The first kappa shape index (κ1) is 21.0. The lowest BCUT2D eigenvalue weighted by molar-refractivity contribution is -0.128. The van der Waals surface area contributed by atoms with Crippen molar-refractivity contribution in [1.29, 1.82) is 0 Å². The molecular formula is C21H22FN5O3. The molecule has 0 spiro atoms. The summed E-state index contributed by atoms with van der Waals surface area (Å²) in [5.41, 5.74) is 0.471. The topological polar surface area (TPSA) is 98.1 Å². The van der Waals surface area contributed by atoms with Crippen LogP contribution >= 0.6 is 0 Å². The van der Waals surface area contributed by atoms with Crippen molar-refractivity contribution in [2.24, 2.45) is 5.92 Å². The van der Waals surface area contributed by atoms with E-state index in [1.165, 1.54) is 29.5 Å². The SMILES string of the molecule is CC(C)C(NC(=O)COc1ccccc1)C(=O)Nc1ccc(-n2cncn2)c(F)c1. The van der Waals surface area contributed by atoms with Crippen molar-refractivity contribution in [2.75, 3.05) is 11.9 Å². The number of para-hydroxylation sites is 1. The molecule has 0 saturated heterocycles. The van der Waals surface area contributed by atoms with Crippen LogP contribution < -0.4 is 15.4 Å². The number of carbonyl (C=O) groups excluding carboxylic acids is 2. The third-order valence-corrected chi connectivity index (χ3v) is 4.26. The second-order valence-corrected chi connectivity index (χ2v) is 6.89. The number of rotatable bonds is 8. The maximum Gasteiger partial charge on any atom is 0.258 e. The summed E-state index contributed by atoms with van der Waals surface area (Å²) in [6.07, 6.45) is 2.67. The fourth-order valence-corrected chi connectivity index (χ4v) is 2.74. The molecule has 0 fully saturated rings. The van der Waals surface area contributed by atoms with Crippen molar-refractivity contribution in [2.45, 2.75) is 19.9 Å². The highest BCUT2D eigenvalue weighted by Gasteiger charge is 2.24. The number of aromatic nitrogens is 3. The Balaban J connectivity index is 1.61. The smallest absolute Gasteiger partial charge is 0.258 e. The summed E-state index contributed by atoms with van der Waals surface area (Å²) in [5, 5.41) is 9.18. The van der Waals surface area contributed by atoms with E-state index in [4.69, 9.17) is 4.74 Å². The number of hydrogen-bond acceptors (Lipinski definition) is 5. The molecule has 0 aliphatic carbocycles. The molecule has 2 N–H and O–H groups in total. The van der Waals surface area contributed by atoms with Crippen LogP contribution in [0, 0.1) is 11.7 Å². The number of halogens is 1. The van der Waals surface area contributed by atoms with Crippen LogP contribution in [0.1, 0.15) is 13.8 Å². The summed E-state index contributed by atoms with van der Waals surface area (Å²) in [6, 6.07) is 12.3. The molecule has 3 rings (SSSR count). The molecular weight excluding hydrogens is 389 g/mol. The van der Waals surface area contributed by atoms with Gasteiger partial charge < -0.3 is 15.4 Å². The lowest BCUT2D eigenvalue weighted by atomic mass is 10.0. The molecule has 8 nitrogen and oxygen atoms in total. The van der Waals surface area contributed by atoms with Gasteiger partial charge in [-0.05, 0) is 36.2 Å². The minimum Gasteiger partial charge on any atom is -0.484 e. The van der Waals surface area contributed by atoms with Gasteiger partial charge in [0, 0.05) is 5.69 Å². The summed E-state index contributed by atoms with van der Waals surface area (Å²) in [7, 11) is 0. The third kappa shape index (κ3) is 5.40. The first-order valence-electron chi connectivity index (χ1n) is 9.36. The molecule has 0 aliphatic rings. The Kier molecular flexibility index (Phi) is 6.74. The van der Waals surface area contributed by atoms with E-state index >= 15 is 0 Å². The molecule has 0 bridgehead atoms. The summed E-state index contributed by atoms with van der Waals surface area (Å²) < 4.78 is 21.1. The van der Waals surface area contributed by atoms with Gasteiger partial charge in [0.15, 0.2) is 12.4 Å². The molecule has 2 amide bonds. The summed E-state index contributed by atoms with van der Waals surface area (Å²) >= 11 is 0. The molecule has 1 unspecified atom stereocenters. The van der Waals surface area contributed by atoms with E-state index in [9.17, 15) is 14.0 Å². The first-order valence-corrected chi connectivity index (χ1v) is 9.36. The van der Waals surface area contributed by atoms with E-state index in [1.54, 1.807) is 44.2 Å². The first-order chi connectivity index (χ1) is 14.4. The lowest BCUT2D eigenvalue weighted by Gasteiger charge is -2.22. The van der Waals surface area contributed by atoms with E-state index in [-0.39, 0.29) is 23.9 Å². The molecule has 1 atom stereocenters. The van der Waals surface area contributed by atoms with Crippen LogP contribution in [0.5, 0.6) is 5.75 Å². The predicted molar refractivity (Wildman–Crippen MR) is 109 cm³/mol. The summed E-state index contributed by atoms with van der Waals surface area (Å²) in [4.78, 5) is 28.7. The van der Waals surface area contributed by atoms with Crippen LogP contribution in [0.3, 0.4) is 0 Å². The van der Waals surface area contributed by atoms with E-state index in [0.29, 0.717) is 5.75 Å². The second-order valence-electron chi connectivity index (χ2n) is 6.89. The normalized spacial score (nSPS) is 11.7. The maximum absolute atomic E-state index is 14.4. The zero-order chi connectivity index (χ0) is 21.5. The standard InChI is InChI=1S/C21H22FN5O3/c1-14(2)20(26-19(28)11-30-16-6-4-3-5-7-16)21(29)25-15-8-9-18(17(22)10-15)27-13-23-12-24-27/h3-10,12-14,20H,11H2,1-2H3,(H,25,29)(H,26,28). The fraction of sp³-hybridized carbons (Fsp3) is 0.238. The van der Waals surface area contributed by atoms with Crippen molar-refractivity contribution in [1.82, 2.24) is 20.1 Å². The van der Waals surface area contributed by atoms with Gasteiger partial charge in [-0.3, -0.25) is 9.59 Å². The van der Waals surface area contributed by atoms with Crippen molar-refractivity contribution in [3.05, 3.63) is 67.0 Å². The number of amides is 2. The van der Waals surface area contributed by atoms with Gasteiger partial charge >= 0.3 is 0 Å². The zero-order valence-electron chi connectivity index (χ0n) is 16.6. The van der Waals surface area contributed by atoms with E-state index < -0.39 is 23.7 Å². The van der Waals surface area contributed by atoms with Gasteiger partial charge in [-0.25, -0.2) is 14.1 Å². The third-order valence-electron chi connectivity index (χ3n) is 4.26. The number of nitrogens with one attached hydrogen (secondary N) is 2. The van der Waals surface area contributed by atoms with Gasteiger partial charge in [-0.1, -0.05) is 32.0 Å². The van der Waals surface area contributed by atoms with E-state index in [1.807, 2.05) is 6.07 Å². The number of anilines is 1. The van der Waals surface area contributed by atoms with Crippen LogP contribution in [0.4, 0.5) is 10.1 Å². The second kappa shape index (κ2) is 9.64. The minimum atomic E-state index is -0.810. The van der Waals surface area contributed by atoms with Crippen LogP contribution in [-0.4, -0.2) is 39.2 Å². The molecule has 2 aromatic carbocycles. The predicted octanol–water partition coefficient (Wildman–Crippen LogP) is 2.56. The number of nitrogens with zero attached hydrogens (tertiary/aromatic N) is 3. The van der Waals surface area contributed by atoms with Crippen LogP contribution in [-0.2, 0) is 9.59 Å².